The number of aryl methyl sites for hydroxylation is 1. The average molecular weight is 566 g/mol. The number of aromatic nitrogens is 1. The van der Waals surface area contributed by atoms with Crippen molar-refractivity contribution >= 4 is 17.5 Å². The minimum atomic E-state index is -0.336. The Balaban J connectivity index is 1.20. The third kappa shape index (κ3) is 6.38. The van der Waals surface area contributed by atoms with Gasteiger partial charge in [0.2, 0.25) is 0 Å². The maximum atomic E-state index is 13.6. The standard InChI is InChI=1S/C34H35N3O5/c1-23-20-30(41-3)31(42-22-24-8-5-4-6-9-24)21-28(23)34(40)37-18-16-26(17-19-37)25-12-14-27(15-13-25)35-33(39)29-10-7-11-32(38)36(29)2/h4-15,20-21,26H,16-19,22H2,1-3H3,(H,35,39). The third-order valence-corrected chi connectivity index (χ3v) is 7.82. The van der Waals surface area contributed by atoms with Crippen LogP contribution in [-0.4, -0.2) is 41.5 Å². The van der Waals surface area contributed by atoms with Gasteiger partial charge >= 0.3 is 0 Å². The first kappa shape index (κ1) is 28.7. The first-order chi connectivity index (χ1) is 20.3. The lowest BCUT2D eigenvalue weighted by Gasteiger charge is -2.33. The van der Waals surface area contributed by atoms with Crippen LogP contribution >= 0.6 is 0 Å². The highest BCUT2D eigenvalue weighted by molar-refractivity contribution is 6.03. The van der Waals surface area contributed by atoms with Crippen molar-refractivity contribution in [3.8, 4) is 11.5 Å². The van der Waals surface area contributed by atoms with Crippen molar-refractivity contribution in [2.45, 2.75) is 32.3 Å². The predicted molar refractivity (Wildman–Crippen MR) is 162 cm³/mol. The molecule has 1 aliphatic heterocycles. The third-order valence-electron chi connectivity index (χ3n) is 7.82. The number of carbonyl (C=O) groups excluding carboxylic acids is 2. The van der Waals surface area contributed by atoms with Crippen molar-refractivity contribution in [2.24, 2.45) is 7.05 Å². The molecule has 0 radical (unpaired) electrons. The molecular weight excluding hydrogens is 530 g/mol. The van der Waals surface area contributed by atoms with Gasteiger partial charge in [0.05, 0.1) is 7.11 Å². The lowest BCUT2D eigenvalue weighted by atomic mass is 9.89. The number of benzene rings is 3. The van der Waals surface area contributed by atoms with Gasteiger partial charge in [-0.25, -0.2) is 0 Å². The summed E-state index contributed by atoms with van der Waals surface area (Å²) in [6, 6.07) is 25.9. The molecule has 0 spiro atoms. The van der Waals surface area contributed by atoms with E-state index in [0.29, 0.717) is 54.1 Å². The maximum Gasteiger partial charge on any atom is 0.272 e. The first-order valence-corrected chi connectivity index (χ1v) is 14.1. The first-order valence-electron chi connectivity index (χ1n) is 14.1. The van der Waals surface area contributed by atoms with Crippen LogP contribution in [-0.2, 0) is 13.7 Å². The van der Waals surface area contributed by atoms with Gasteiger partial charge < -0.3 is 24.3 Å². The maximum absolute atomic E-state index is 13.6. The number of nitrogens with zero attached hydrogens (tertiary/aromatic N) is 2. The molecule has 1 fully saturated rings. The van der Waals surface area contributed by atoms with Gasteiger partial charge in [-0.05, 0) is 72.7 Å². The van der Waals surface area contributed by atoms with Crippen molar-refractivity contribution in [2.75, 3.05) is 25.5 Å². The van der Waals surface area contributed by atoms with Crippen LogP contribution < -0.4 is 20.3 Å². The second-order valence-electron chi connectivity index (χ2n) is 10.5. The zero-order valence-electron chi connectivity index (χ0n) is 24.1. The number of amides is 2. The lowest BCUT2D eigenvalue weighted by molar-refractivity contribution is 0.0711. The summed E-state index contributed by atoms with van der Waals surface area (Å²) in [5, 5.41) is 2.86. The molecule has 1 aromatic heterocycles. The van der Waals surface area contributed by atoms with Crippen LogP contribution in [0.3, 0.4) is 0 Å². The summed E-state index contributed by atoms with van der Waals surface area (Å²) in [7, 11) is 3.18. The van der Waals surface area contributed by atoms with E-state index in [1.165, 1.54) is 16.2 Å². The van der Waals surface area contributed by atoms with Crippen LogP contribution in [0.5, 0.6) is 11.5 Å². The molecular formula is C34H35N3O5. The molecule has 1 N–H and O–H groups in total. The number of rotatable bonds is 8. The molecule has 1 aliphatic rings. The minimum absolute atomic E-state index is 0.00784. The number of anilines is 1. The summed E-state index contributed by atoms with van der Waals surface area (Å²) < 4.78 is 12.9. The molecule has 2 heterocycles. The Hall–Kier alpha value is -4.85. The molecule has 4 aromatic rings. The van der Waals surface area contributed by atoms with Gasteiger partial charge in [-0.1, -0.05) is 48.5 Å². The van der Waals surface area contributed by atoms with E-state index < -0.39 is 0 Å². The number of hydrogen-bond donors (Lipinski definition) is 1. The van der Waals surface area contributed by atoms with E-state index in [1.807, 2.05) is 72.5 Å². The Bertz CT molecular complexity index is 1620. The Kier molecular flexibility index (Phi) is 8.71. The number of carbonyl (C=O) groups is 2. The van der Waals surface area contributed by atoms with Crippen LogP contribution in [0.2, 0.25) is 0 Å². The summed E-state index contributed by atoms with van der Waals surface area (Å²) in [6.07, 6.45) is 1.69. The van der Waals surface area contributed by atoms with Crippen molar-refractivity contribution in [1.29, 1.82) is 0 Å². The topological polar surface area (TPSA) is 89.9 Å². The van der Waals surface area contributed by atoms with Gasteiger partial charge in [0.1, 0.15) is 12.3 Å². The van der Waals surface area contributed by atoms with Crippen LogP contribution in [0.25, 0.3) is 0 Å². The van der Waals surface area contributed by atoms with Gasteiger partial charge in [0, 0.05) is 37.5 Å². The molecule has 0 bridgehead atoms. The monoisotopic (exact) mass is 565 g/mol. The number of hydrogen-bond acceptors (Lipinski definition) is 5. The van der Waals surface area contributed by atoms with Crippen molar-refractivity contribution in [1.82, 2.24) is 9.47 Å². The van der Waals surface area contributed by atoms with Crippen LogP contribution in [0.15, 0.2) is 89.7 Å². The van der Waals surface area contributed by atoms with Gasteiger partial charge in [-0.3, -0.25) is 14.4 Å². The molecule has 0 unspecified atom stereocenters. The Morgan fingerprint density at radius 1 is 0.905 bits per heavy atom. The fourth-order valence-corrected chi connectivity index (χ4v) is 5.31. The summed E-state index contributed by atoms with van der Waals surface area (Å²) >= 11 is 0. The quantitative estimate of drug-likeness (QED) is 0.303. The summed E-state index contributed by atoms with van der Waals surface area (Å²) in [5.74, 6) is 1.12. The molecule has 1 saturated heterocycles. The average Bonchev–Trinajstić information content (AvgIpc) is 3.02. The second kappa shape index (κ2) is 12.8. The van der Waals surface area contributed by atoms with Crippen molar-refractivity contribution < 1.29 is 19.1 Å². The number of likely N-dealkylation sites (tertiary alicyclic amines) is 1. The molecule has 216 valence electrons. The lowest BCUT2D eigenvalue weighted by Crippen LogP contribution is -2.38. The fraction of sp³-hybridized carbons (Fsp3) is 0.265. The smallest absolute Gasteiger partial charge is 0.272 e. The highest BCUT2D eigenvalue weighted by Crippen LogP contribution is 2.34. The van der Waals surface area contributed by atoms with E-state index in [0.717, 1.165) is 24.0 Å². The fourth-order valence-electron chi connectivity index (χ4n) is 5.31. The van der Waals surface area contributed by atoms with Crippen LogP contribution in [0.1, 0.15) is 56.3 Å². The molecule has 5 rings (SSSR count). The molecule has 0 aliphatic carbocycles. The van der Waals surface area contributed by atoms with Crippen molar-refractivity contribution in [3.63, 3.8) is 0 Å². The van der Waals surface area contributed by atoms with E-state index in [4.69, 9.17) is 9.47 Å². The van der Waals surface area contributed by atoms with E-state index in [9.17, 15) is 14.4 Å². The Morgan fingerprint density at radius 2 is 1.62 bits per heavy atom. The van der Waals surface area contributed by atoms with E-state index in [2.05, 4.69) is 5.32 Å². The molecule has 3 aromatic carbocycles. The van der Waals surface area contributed by atoms with E-state index in [1.54, 1.807) is 32.4 Å². The van der Waals surface area contributed by atoms with E-state index >= 15 is 0 Å². The summed E-state index contributed by atoms with van der Waals surface area (Å²) in [6.45, 7) is 3.60. The number of pyridine rings is 1. The number of piperidine rings is 1. The van der Waals surface area contributed by atoms with Gasteiger partial charge in [0.15, 0.2) is 11.5 Å². The number of methoxy groups -OCH3 is 1. The largest absolute Gasteiger partial charge is 0.493 e. The highest BCUT2D eigenvalue weighted by atomic mass is 16.5. The zero-order chi connectivity index (χ0) is 29.6. The SMILES string of the molecule is COc1cc(C)c(C(=O)N2CCC(c3ccc(NC(=O)c4cccc(=O)n4C)cc3)CC2)cc1OCc1ccccc1. The van der Waals surface area contributed by atoms with Gasteiger partial charge in [-0.2, -0.15) is 0 Å². The Labute approximate surface area is 245 Å². The normalized spacial score (nSPS) is 13.5. The molecule has 42 heavy (non-hydrogen) atoms. The highest BCUT2D eigenvalue weighted by Gasteiger charge is 2.26. The summed E-state index contributed by atoms with van der Waals surface area (Å²) in [5.41, 5.74) is 4.39. The number of ether oxygens (including phenoxy) is 2. The van der Waals surface area contributed by atoms with Crippen molar-refractivity contribution in [3.05, 3.63) is 123 Å². The Morgan fingerprint density at radius 3 is 2.31 bits per heavy atom. The molecule has 2 amide bonds. The number of nitrogens with one attached hydrogen (secondary N) is 1. The molecule has 0 saturated carbocycles. The van der Waals surface area contributed by atoms with E-state index in [-0.39, 0.29) is 17.4 Å². The van der Waals surface area contributed by atoms with Crippen LogP contribution in [0.4, 0.5) is 5.69 Å². The zero-order valence-corrected chi connectivity index (χ0v) is 24.1. The van der Waals surface area contributed by atoms with Gasteiger partial charge in [0.25, 0.3) is 17.4 Å². The minimum Gasteiger partial charge on any atom is -0.493 e. The van der Waals surface area contributed by atoms with Gasteiger partial charge in [-0.15, -0.1) is 0 Å². The predicted octanol–water partition coefficient (Wildman–Crippen LogP) is 5.55. The molecule has 0 atom stereocenters. The molecule has 8 nitrogen and oxygen atoms in total. The molecule has 8 heteroatoms. The second-order valence-corrected chi connectivity index (χ2v) is 10.5. The van der Waals surface area contributed by atoms with Crippen LogP contribution in [0, 0.1) is 6.92 Å². The summed E-state index contributed by atoms with van der Waals surface area (Å²) in [4.78, 5) is 40.0.